The lowest BCUT2D eigenvalue weighted by molar-refractivity contribution is -0.138. The van der Waals surface area contributed by atoms with Crippen molar-refractivity contribution in [1.82, 2.24) is 5.32 Å². The van der Waals surface area contributed by atoms with Gasteiger partial charge in [0.2, 0.25) is 0 Å². The molecule has 0 atom stereocenters. The zero-order chi connectivity index (χ0) is 12.8. The molecule has 3 heteroatoms. The van der Waals surface area contributed by atoms with Crippen LogP contribution in [-0.2, 0) is 9.53 Å². The van der Waals surface area contributed by atoms with Gasteiger partial charge in [-0.15, -0.1) is 0 Å². The van der Waals surface area contributed by atoms with Gasteiger partial charge in [-0.05, 0) is 39.3 Å². The maximum Gasteiger partial charge on any atom is 0.333 e. The fourth-order valence-electron chi connectivity index (χ4n) is 0.797. The molecule has 0 radical (unpaired) electrons. The number of hydrogen-bond acceptors (Lipinski definition) is 3. The highest BCUT2D eigenvalue weighted by molar-refractivity contribution is 5.86. The molecule has 0 aliphatic heterocycles. The average molecular weight is 229 g/mol. The van der Waals surface area contributed by atoms with Crippen LogP contribution < -0.4 is 5.32 Å². The molecule has 0 aliphatic rings. The summed E-state index contributed by atoms with van der Waals surface area (Å²) in [5, 5.41) is 3.28. The van der Waals surface area contributed by atoms with E-state index in [4.69, 9.17) is 4.74 Å². The molecule has 0 saturated carbocycles. The van der Waals surface area contributed by atoms with Crippen LogP contribution in [0.3, 0.4) is 0 Å². The lowest BCUT2D eigenvalue weighted by Gasteiger charge is -1.99. The van der Waals surface area contributed by atoms with Crippen molar-refractivity contribution in [3.8, 4) is 0 Å². The molecule has 0 heterocycles. The summed E-state index contributed by atoms with van der Waals surface area (Å²) in [4.78, 5) is 10.6. The molecule has 0 saturated heterocycles. The molecule has 0 aromatic heterocycles. The second kappa shape index (κ2) is 14.2. The van der Waals surface area contributed by atoms with Gasteiger partial charge in [0.25, 0.3) is 0 Å². The van der Waals surface area contributed by atoms with Gasteiger partial charge < -0.3 is 10.1 Å². The fraction of sp³-hybridized carbons (Fsp3) is 0.769. The van der Waals surface area contributed by atoms with Crippen LogP contribution in [-0.4, -0.2) is 25.7 Å². The molecular weight excluding hydrogens is 202 g/mol. The van der Waals surface area contributed by atoms with Crippen molar-refractivity contribution in [2.45, 2.75) is 47.0 Å². The molecule has 0 rings (SSSR count). The van der Waals surface area contributed by atoms with Gasteiger partial charge >= 0.3 is 5.97 Å². The Kier molecular flexibility index (Phi) is 15.6. The standard InChI is InChI=1S/C7H12O2.C6H15N/c1-4-5-9-7(8)6(2)3;1-3-5-7-6-4-2/h2,4-5H2,1,3H3;7H,3-6H2,1-2H3. The Morgan fingerprint density at radius 2 is 1.62 bits per heavy atom. The first-order chi connectivity index (χ1) is 7.59. The minimum atomic E-state index is -0.295. The largest absolute Gasteiger partial charge is 0.462 e. The third-order valence-corrected chi connectivity index (χ3v) is 1.64. The second-order valence-corrected chi connectivity index (χ2v) is 3.67. The van der Waals surface area contributed by atoms with Crippen LogP contribution in [0.15, 0.2) is 12.2 Å². The summed E-state index contributed by atoms with van der Waals surface area (Å²) >= 11 is 0. The van der Waals surface area contributed by atoms with Gasteiger partial charge in [0.15, 0.2) is 0 Å². The number of carbonyl (C=O) groups excluding carboxylic acids is 1. The maximum absolute atomic E-state index is 10.6. The summed E-state index contributed by atoms with van der Waals surface area (Å²) in [7, 11) is 0. The zero-order valence-electron chi connectivity index (χ0n) is 11.3. The zero-order valence-corrected chi connectivity index (χ0v) is 11.3. The van der Waals surface area contributed by atoms with Gasteiger partial charge in [-0.2, -0.15) is 0 Å². The highest BCUT2D eigenvalue weighted by atomic mass is 16.5. The van der Waals surface area contributed by atoms with Crippen LogP contribution in [0, 0.1) is 0 Å². The monoisotopic (exact) mass is 229 g/mol. The molecule has 0 aromatic carbocycles. The van der Waals surface area contributed by atoms with E-state index >= 15 is 0 Å². The molecule has 1 N–H and O–H groups in total. The summed E-state index contributed by atoms with van der Waals surface area (Å²) < 4.78 is 4.71. The van der Waals surface area contributed by atoms with E-state index in [1.807, 2.05) is 6.92 Å². The molecular formula is C13H27NO2. The van der Waals surface area contributed by atoms with E-state index in [0.29, 0.717) is 12.2 Å². The van der Waals surface area contributed by atoms with Gasteiger partial charge in [-0.25, -0.2) is 4.79 Å². The molecule has 3 nitrogen and oxygen atoms in total. The number of carbonyl (C=O) groups is 1. The van der Waals surface area contributed by atoms with E-state index in [1.54, 1.807) is 6.92 Å². The summed E-state index contributed by atoms with van der Waals surface area (Å²) in [5.74, 6) is -0.295. The van der Waals surface area contributed by atoms with Gasteiger partial charge in [-0.1, -0.05) is 27.4 Å². The van der Waals surface area contributed by atoms with E-state index in [9.17, 15) is 4.79 Å². The van der Waals surface area contributed by atoms with Crippen molar-refractivity contribution in [1.29, 1.82) is 0 Å². The Morgan fingerprint density at radius 3 is 1.94 bits per heavy atom. The summed E-state index contributed by atoms with van der Waals surface area (Å²) in [5.41, 5.74) is 0.462. The Balaban J connectivity index is 0. The molecule has 96 valence electrons. The molecule has 0 aromatic rings. The second-order valence-electron chi connectivity index (χ2n) is 3.67. The number of hydrogen-bond donors (Lipinski definition) is 1. The molecule has 0 spiro atoms. The molecule has 0 unspecified atom stereocenters. The van der Waals surface area contributed by atoms with E-state index in [0.717, 1.165) is 6.42 Å². The van der Waals surface area contributed by atoms with Crippen molar-refractivity contribution >= 4 is 5.97 Å². The van der Waals surface area contributed by atoms with Gasteiger partial charge in [-0.3, -0.25) is 0 Å². The van der Waals surface area contributed by atoms with Crippen molar-refractivity contribution < 1.29 is 9.53 Å². The minimum Gasteiger partial charge on any atom is -0.462 e. The lowest BCUT2D eigenvalue weighted by atomic mass is 10.4. The highest BCUT2D eigenvalue weighted by Gasteiger charge is 1.99. The number of rotatable bonds is 7. The SMILES string of the molecule is C=C(C)C(=O)OCCC.CCCNCCC. The van der Waals surface area contributed by atoms with Gasteiger partial charge in [0.05, 0.1) is 6.61 Å². The first-order valence-electron chi connectivity index (χ1n) is 6.13. The van der Waals surface area contributed by atoms with Crippen LogP contribution in [0.4, 0.5) is 0 Å². The van der Waals surface area contributed by atoms with E-state index < -0.39 is 0 Å². The van der Waals surface area contributed by atoms with Gasteiger partial charge in [0.1, 0.15) is 0 Å². The van der Waals surface area contributed by atoms with Crippen molar-refractivity contribution in [2.24, 2.45) is 0 Å². The molecule has 0 fully saturated rings. The molecule has 16 heavy (non-hydrogen) atoms. The number of esters is 1. The fourth-order valence-corrected chi connectivity index (χ4v) is 0.797. The minimum absolute atomic E-state index is 0.295. The maximum atomic E-state index is 10.6. The van der Waals surface area contributed by atoms with Crippen LogP contribution >= 0.6 is 0 Å². The Bertz CT molecular complexity index is 175. The molecule has 0 bridgehead atoms. The van der Waals surface area contributed by atoms with E-state index in [1.165, 1.54) is 25.9 Å². The Labute approximate surface area is 100 Å². The van der Waals surface area contributed by atoms with Crippen molar-refractivity contribution in [2.75, 3.05) is 19.7 Å². The summed E-state index contributed by atoms with van der Waals surface area (Å²) in [6.45, 7) is 14.2. The predicted molar refractivity (Wildman–Crippen MR) is 69.5 cm³/mol. The number of ether oxygens (including phenoxy) is 1. The Hall–Kier alpha value is -0.830. The normalized spacial score (nSPS) is 9.00. The van der Waals surface area contributed by atoms with Crippen LogP contribution in [0.1, 0.15) is 47.0 Å². The van der Waals surface area contributed by atoms with Crippen LogP contribution in [0.5, 0.6) is 0 Å². The summed E-state index contributed by atoms with van der Waals surface area (Å²) in [6, 6.07) is 0. The smallest absolute Gasteiger partial charge is 0.333 e. The van der Waals surface area contributed by atoms with Crippen molar-refractivity contribution in [3.05, 3.63) is 12.2 Å². The first kappa shape index (κ1) is 17.6. The van der Waals surface area contributed by atoms with Gasteiger partial charge in [0, 0.05) is 5.57 Å². The predicted octanol–water partition coefficient (Wildman–Crippen LogP) is 2.91. The lowest BCUT2D eigenvalue weighted by Crippen LogP contribution is -2.14. The topological polar surface area (TPSA) is 38.3 Å². The third kappa shape index (κ3) is 15.6. The van der Waals surface area contributed by atoms with Crippen LogP contribution in [0.2, 0.25) is 0 Å². The molecule has 0 aliphatic carbocycles. The van der Waals surface area contributed by atoms with E-state index in [2.05, 4.69) is 25.7 Å². The molecule has 0 amide bonds. The quantitative estimate of drug-likeness (QED) is 0.414. The third-order valence-electron chi connectivity index (χ3n) is 1.64. The summed E-state index contributed by atoms with van der Waals surface area (Å²) in [6.07, 6.45) is 3.36. The first-order valence-corrected chi connectivity index (χ1v) is 6.13. The number of nitrogens with one attached hydrogen (secondary N) is 1. The van der Waals surface area contributed by atoms with E-state index in [-0.39, 0.29) is 5.97 Å². The Morgan fingerprint density at radius 1 is 1.12 bits per heavy atom. The highest BCUT2D eigenvalue weighted by Crippen LogP contribution is 1.91. The van der Waals surface area contributed by atoms with Crippen molar-refractivity contribution in [3.63, 3.8) is 0 Å². The van der Waals surface area contributed by atoms with Crippen LogP contribution in [0.25, 0.3) is 0 Å². The average Bonchev–Trinajstić information content (AvgIpc) is 2.27.